The lowest BCUT2D eigenvalue weighted by atomic mass is 9.87. The van der Waals surface area contributed by atoms with Crippen molar-refractivity contribution in [2.75, 3.05) is 26.2 Å². The Balaban J connectivity index is 1.34. The molecule has 240 valence electrons. The van der Waals surface area contributed by atoms with Crippen LogP contribution >= 0.6 is 0 Å². The van der Waals surface area contributed by atoms with Crippen LogP contribution in [0.2, 0.25) is 0 Å². The molecule has 2 amide bonds. The van der Waals surface area contributed by atoms with Gasteiger partial charge >= 0.3 is 6.03 Å². The van der Waals surface area contributed by atoms with Crippen molar-refractivity contribution < 1.29 is 39.5 Å². The van der Waals surface area contributed by atoms with E-state index in [9.17, 15) is 30.0 Å². The van der Waals surface area contributed by atoms with Crippen molar-refractivity contribution >= 4 is 12.3 Å². The van der Waals surface area contributed by atoms with Gasteiger partial charge < -0.3 is 44.5 Å². The molecule has 0 saturated carbocycles. The number of carbonyl (C=O) groups excluding carboxylic acids is 2. The number of aldehydes is 1. The standard InChI is InChI=1S/C34H46N2O8/c37-21-25-13-15-35(16-14-25)34(42)36-20-28(43-32-30(39)29(22-38)44-33(41)31(32)40)19-27(36)18-26(17-24-9-5-2-6-10-24)12-11-23-7-3-1-4-8-23/h1-10,21,25-33,38-41H,11-20,22H2/t26?,27-,28-,29-,30+,31+,32-,33+/m0/s1. The van der Waals surface area contributed by atoms with Crippen LogP contribution in [0.1, 0.15) is 43.2 Å². The second-order valence-corrected chi connectivity index (χ2v) is 12.6. The van der Waals surface area contributed by atoms with Crippen molar-refractivity contribution in [2.45, 2.75) is 87.8 Å². The average molecular weight is 611 g/mol. The third kappa shape index (κ3) is 8.04. The molecular weight excluding hydrogens is 564 g/mol. The summed E-state index contributed by atoms with van der Waals surface area (Å²) in [7, 11) is 0. The summed E-state index contributed by atoms with van der Waals surface area (Å²) < 4.78 is 11.4. The normalized spacial score (nSPS) is 30.3. The fraction of sp³-hybridized carbons (Fsp3) is 0.588. The summed E-state index contributed by atoms with van der Waals surface area (Å²) in [5, 5.41) is 41.2. The first-order valence-electron chi connectivity index (χ1n) is 15.9. The van der Waals surface area contributed by atoms with E-state index in [1.807, 2.05) is 46.2 Å². The molecule has 3 heterocycles. The Hall–Kier alpha value is -2.86. The number of urea groups is 1. The molecule has 0 aromatic heterocycles. The maximum Gasteiger partial charge on any atom is 0.320 e. The summed E-state index contributed by atoms with van der Waals surface area (Å²) in [4.78, 5) is 29.0. The Morgan fingerprint density at radius 3 is 2.27 bits per heavy atom. The summed E-state index contributed by atoms with van der Waals surface area (Å²) in [6.45, 7) is 0.757. The van der Waals surface area contributed by atoms with Crippen LogP contribution in [-0.2, 0) is 27.1 Å². The zero-order valence-electron chi connectivity index (χ0n) is 25.1. The van der Waals surface area contributed by atoms with Gasteiger partial charge in [-0.05, 0) is 62.0 Å². The third-order valence-corrected chi connectivity index (χ3v) is 9.47. The van der Waals surface area contributed by atoms with Crippen molar-refractivity contribution in [1.29, 1.82) is 0 Å². The number of benzene rings is 2. The lowest BCUT2D eigenvalue weighted by Gasteiger charge is -2.41. The fourth-order valence-corrected chi connectivity index (χ4v) is 6.94. The summed E-state index contributed by atoms with van der Waals surface area (Å²) in [6.07, 6.45) is -1.00. The molecule has 3 fully saturated rings. The van der Waals surface area contributed by atoms with E-state index in [-0.39, 0.29) is 30.5 Å². The van der Waals surface area contributed by atoms with E-state index in [0.29, 0.717) is 32.4 Å². The molecule has 4 N–H and O–H groups in total. The van der Waals surface area contributed by atoms with E-state index in [2.05, 4.69) is 24.3 Å². The monoisotopic (exact) mass is 610 g/mol. The quantitative estimate of drug-likeness (QED) is 0.284. The van der Waals surface area contributed by atoms with Gasteiger partial charge in [-0.1, -0.05) is 60.7 Å². The Bertz CT molecular complexity index is 1180. The van der Waals surface area contributed by atoms with Gasteiger partial charge in [-0.25, -0.2) is 4.79 Å². The highest BCUT2D eigenvalue weighted by molar-refractivity contribution is 5.75. The highest BCUT2D eigenvalue weighted by atomic mass is 16.6. The van der Waals surface area contributed by atoms with Gasteiger partial charge in [-0.2, -0.15) is 0 Å². The van der Waals surface area contributed by atoms with Crippen LogP contribution in [-0.4, -0.2) is 112 Å². The number of hydrogen-bond acceptors (Lipinski definition) is 8. The van der Waals surface area contributed by atoms with Gasteiger partial charge in [0.25, 0.3) is 0 Å². The number of aliphatic hydroxyl groups is 4. The molecule has 8 atom stereocenters. The van der Waals surface area contributed by atoms with E-state index in [0.717, 1.165) is 32.0 Å². The van der Waals surface area contributed by atoms with Crippen molar-refractivity contribution in [2.24, 2.45) is 11.8 Å². The molecular formula is C34H46N2O8. The summed E-state index contributed by atoms with van der Waals surface area (Å²) >= 11 is 0. The first-order valence-corrected chi connectivity index (χ1v) is 15.9. The number of rotatable bonds is 11. The van der Waals surface area contributed by atoms with Crippen molar-refractivity contribution in [3.05, 3.63) is 71.8 Å². The lowest BCUT2D eigenvalue weighted by molar-refractivity contribution is -0.299. The predicted octanol–water partition coefficient (Wildman–Crippen LogP) is 2.16. The summed E-state index contributed by atoms with van der Waals surface area (Å²) in [5.74, 6) is 0.248. The summed E-state index contributed by atoms with van der Waals surface area (Å²) in [5.41, 5.74) is 2.51. The third-order valence-electron chi connectivity index (χ3n) is 9.47. The Morgan fingerprint density at radius 2 is 1.64 bits per heavy atom. The van der Waals surface area contributed by atoms with Crippen molar-refractivity contribution in [1.82, 2.24) is 9.80 Å². The van der Waals surface area contributed by atoms with Gasteiger partial charge in [0.1, 0.15) is 30.7 Å². The van der Waals surface area contributed by atoms with Crippen LogP contribution in [0.4, 0.5) is 4.79 Å². The van der Waals surface area contributed by atoms with E-state index >= 15 is 0 Å². The van der Waals surface area contributed by atoms with Gasteiger partial charge in [0.15, 0.2) is 6.29 Å². The van der Waals surface area contributed by atoms with E-state index in [1.165, 1.54) is 11.1 Å². The Kier molecular flexibility index (Phi) is 11.4. The predicted molar refractivity (Wildman–Crippen MR) is 163 cm³/mol. The zero-order chi connectivity index (χ0) is 31.1. The van der Waals surface area contributed by atoms with Crippen LogP contribution < -0.4 is 0 Å². The number of piperidine rings is 1. The molecule has 10 heteroatoms. The molecule has 3 aliphatic heterocycles. The number of carbonyl (C=O) groups is 2. The molecule has 10 nitrogen and oxygen atoms in total. The zero-order valence-corrected chi connectivity index (χ0v) is 25.1. The number of nitrogens with zero attached hydrogens (tertiary/aromatic N) is 2. The number of aliphatic hydroxyl groups excluding tert-OH is 4. The van der Waals surface area contributed by atoms with E-state index < -0.39 is 43.4 Å². The second-order valence-electron chi connectivity index (χ2n) is 12.6. The molecule has 44 heavy (non-hydrogen) atoms. The van der Waals surface area contributed by atoms with Gasteiger partial charge in [0, 0.05) is 31.6 Å². The molecule has 2 aromatic rings. The SMILES string of the molecule is O=CC1CCN(C(=O)N2C[C@@H](O[C@@H]3[C@@H](O)[C@H](O)O[C@@H](CO)[C@H]3O)C[C@@H]2CC(CCc2ccccc2)Cc2ccccc2)CC1. The number of likely N-dealkylation sites (tertiary alicyclic amines) is 2. The first kappa shape index (κ1) is 32.5. The Morgan fingerprint density at radius 1 is 0.977 bits per heavy atom. The molecule has 5 rings (SSSR count). The largest absolute Gasteiger partial charge is 0.394 e. The van der Waals surface area contributed by atoms with Crippen LogP contribution in [0.5, 0.6) is 0 Å². The molecule has 0 aliphatic carbocycles. The van der Waals surface area contributed by atoms with Crippen LogP contribution in [0.15, 0.2) is 60.7 Å². The average Bonchev–Trinajstić information content (AvgIpc) is 3.46. The minimum atomic E-state index is -1.61. The number of aryl methyl sites for hydroxylation is 1. The van der Waals surface area contributed by atoms with Crippen LogP contribution in [0.3, 0.4) is 0 Å². The Labute approximate surface area is 259 Å². The van der Waals surface area contributed by atoms with Crippen LogP contribution in [0, 0.1) is 11.8 Å². The maximum atomic E-state index is 14.0. The second kappa shape index (κ2) is 15.4. The smallest absolute Gasteiger partial charge is 0.320 e. The maximum absolute atomic E-state index is 14.0. The van der Waals surface area contributed by atoms with Gasteiger partial charge in [0.05, 0.1) is 12.7 Å². The van der Waals surface area contributed by atoms with E-state index in [1.54, 1.807) is 0 Å². The minimum absolute atomic E-state index is 0.0276. The minimum Gasteiger partial charge on any atom is -0.394 e. The van der Waals surface area contributed by atoms with Gasteiger partial charge in [0.2, 0.25) is 0 Å². The topological polar surface area (TPSA) is 140 Å². The summed E-state index contributed by atoms with van der Waals surface area (Å²) in [6, 6.07) is 20.5. The van der Waals surface area contributed by atoms with Crippen molar-refractivity contribution in [3.63, 3.8) is 0 Å². The number of ether oxygens (including phenoxy) is 2. The van der Waals surface area contributed by atoms with Crippen molar-refractivity contribution in [3.8, 4) is 0 Å². The highest BCUT2D eigenvalue weighted by Gasteiger charge is 2.48. The number of amides is 2. The first-order chi connectivity index (χ1) is 21.4. The molecule has 3 saturated heterocycles. The lowest BCUT2D eigenvalue weighted by Crippen LogP contribution is -2.60. The molecule has 3 aliphatic rings. The highest BCUT2D eigenvalue weighted by Crippen LogP contribution is 2.33. The fourth-order valence-electron chi connectivity index (χ4n) is 6.94. The van der Waals surface area contributed by atoms with Crippen LogP contribution in [0.25, 0.3) is 0 Å². The molecule has 0 radical (unpaired) electrons. The molecule has 0 bridgehead atoms. The molecule has 2 aromatic carbocycles. The van der Waals surface area contributed by atoms with Gasteiger partial charge in [-0.15, -0.1) is 0 Å². The van der Waals surface area contributed by atoms with Gasteiger partial charge in [-0.3, -0.25) is 0 Å². The molecule has 0 spiro atoms. The molecule has 1 unspecified atom stereocenters. The van der Waals surface area contributed by atoms with E-state index in [4.69, 9.17) is 9.47 Å². The number of hydrogen-bond donors (Lipinski definition) is 4.